The van der Waals surface area contributed by atoms with E-state index in [0.29, 0.717) is 12.5 Å². The van der Waals surface area contributed by atoms with Gasteiger partial charge in [0.1, 0.15) is 5.54 Å². The Kier molecular flexibility index (Phi) is 1.40. The van der Waals surface area contributed by atoms with Gasteiger partial charge in [-0.3, -0.25) is 4.79 Å². The van der Waals surface area contributed by atoms with Gasteiger partial charge in [0.05, 0.1) is 0 Å². The lowest BCUT2D eigenvalue weighted by molar-refractivity contribution is -0.132. The van der Waals surface area contributed by atoms with Crippen LogP contribution in [0.3, 0.4) is 0 Å². The quantitative estimate of drug-likeness (QED) is 0.479. The summed E-state index contributed by atoms with van der Waals surface area (Å²) in [6.07, 6.45) is 1.01. The second-order valence-electron chi connectivity index (χ2n) is 3.31. The van der Waals surface area contributed by atoms with Gasteiger partial charge in [-0.05, 0) is 6.42 Å². The number of fused-ring (bicyclic) bond motifs is 1. The van der Waals surface area contributed by atoms with Crippen LogP contribution in [0.5, 0.6) is 0 Å². The van der Waals surface area contributed by atoms with E-state index in [2.05, 4.69) is 10.6 Å². The smallest absolute Gasteiger partial charge is 0.239 e. The van der Waals surface area contributed by atoms with E-state index in [0.717, 1.165) is 19.5 Å². The molecule has 0 aromatic carbocycles. The summed E-state index contributed by atoms with van der Waals surface area (Å²) in [5.74, 6) is 0.203. The Hall–Kier alpha value is -0.610. The van der Waals surface area contributed by atoms with E-state index >= 15 is 0 Å². The first-order chi connectivity index (χ1) is 5.26. The van der Waals surface area contributed by atoms with E-state index in [-0.39, 0.29) is 5.91 Å². The molecule has 2 saturated heterocycles. The Morgan fingerprint density at radius 1 is 1.73 bits per heavy atom. The fourth-order valence-electron chi connectivity index (χ4n) is 1.90. The molecule has 0 aromatic rings. The maximum Gasteiger partial charge on any atom is 0.239 e. The summed E-state index contributed by atoms with van der Waals surface area (Å²) >= 11 is 0. The van der Waals surface area contributed by atoms with Crippen LogP contribution in [0.15, 0.2) is 0 Å². The van der Waals surface area contributed by atoms with E-state index in [1.54, 1.807) is 0 Å². The highest BCUT2D eigenvalue weighted by Gasteiger charge is 2.52. The van der Waals surface area contributed by atoms with E-state index in [1.807, 2.05) is 0 Å². The predicted molar refractivity (Wildman–Crippen MR) is 39.9 cm³/mol. The number of nitrogens with two attached hydrogens (primary N) is 1. The minimum absolute atomic E-state index is 0.239. The summed E-state index contributed by atoms with van der Waals surface area (Å²) in [6.45, 7) is 2.40. The Labute approximate surface area is 65.5 Å². The summed E-state index contributed by atoms with van der Waals surface area (Å²) < 4.78 is 0. The Bertz CT molecular complexity index is 194. The molecule has 3 N–H and O–H groups in total. The highest BCUT2D eigenvalue weighted by molar-refractivity contribution is 5.86. The van der Waals surface area contributed by atoms with Crippen LogP contribution in [0.25, 0.3) is 0 Å². The first-order valence-electron chi connectivity index (χ1n) is 3.94. The Balaban J connectivity index is 2.15. The summed E-state index contributed by atoms with van der Waals surface area (Å²) in [5, 5.41) is 7.28. The van der Waals surface area contributed by atoms with Crippen molar-refractivity contribution in [3.63, 3.8) is 0 Å². The highest BCUT2D eigenvalue weighted by Crippen LogP contribution is 2.31. The zero-order valence-electron chi connectivity index (χ0n) is 6.34. The number of nitrogens with one attached hydrogen (secondary N) is 1. The van der Waals surface area contributed by atoms with Crippen molar-refractivity contribution >= 4 is 5.91 Å². The molecule has 2 fully saturated rings. The molecule has 4 heteroatoms. The second-order valence-corrected chi connectivity index (χ2v) is 3.31. The number of amides is 1. The van der Waals surface area contributed by atoms with Gasteiger partial charge in [-0.15, -0.1) is 0 Å². The molecule has 1 radical (unpaired) electrons. The number of rotatable bonds is 1. The highest BCUT2D eigenvalue weighted by atomic mass is 16.1. The van der Waals surface area contributed by atoms with Crippen molar-refractivity contribution in [2.75, 3.05) is 19.6 Å². The molecule has 61 valence electrons. The van der Waals surface area contributed by atoms with Crippen molar-refractivity contribution < 1.29 is 4.79 Å². The van der Waals surface area contributed by atoms with Gasteiger partial charge in [0.25, 0.3) is 0 Å². The van der Waals surface area contributed by atoms with Gasteiger partial charge < -0.3 is 11.1 Å². The molecule has 2 aliphatic heterocycles. The van der Waals surface area contributed by atoms with Crippen molar-refractivity contribution in [2.24, 2.45) is 11.7 Å². The lowest BCUT2D eigenvalue weighted by Crippen LogP contribution is -2.76. The molecule has 0 aromatic heterocycles. The molecule has 2 heterocycles. The fraction of sp³-hybridized carbons (Fsp3) is 0.857. The van der Waals surface area contributed by atoms with Crippen LogP contribution < -0.4 is 16.4 Å². The summed E-state index contributed by atoms with van der Waals surface area (Å²) in [6, 6.07) is 0. The van der Waals surface area contributed by atoms with E-state index in [4.69, 9.17) is 5.73 Å². The first kappa shape index (κ1) is 7.06. The van der Waals surface area contributed by atoms with Crippen molar-refractivity contribution in [1.82, 2.24) is 10.6 Å². The third kappa shape index (κ3) is 0.795. The monoisotopic (exact) mass is 154 g/mol. The maximum atomic E-state index is 11.0. The van der Waals surface area contributed by atoms with Crippen LogP contribution in [0.4, 0.5) is 0 Å². The molecule has 2 aliphatic rings. The number of hydrogen-bond donors (Lipinski definition) is 2. The molecule has 4 nitrogen and oxygen atoms in total. The number of primary amides is 1. The molecular formula is C7H12N3O. The van der Waals surface area contributed by atoms with Crippen molar-refractivity contribution in [3.05, 3.63) is 0 Å². The van der Waals surface area contributed by atoms with Crippen LogP contribution >= 0.6 is 0 Å². The van der Waals surface area contributed by atoms with Gasteiger partial charge in [0.2, 0.25) is 5.91 Å². The van der Waals surface area contributed by atoms with Gasteiger partial charge in [0.15, 0.2) is 0 Å². The molecule has 0 spiro atoms. The van der Waals surface area contributed by atoms with Crippen molar-refractivity contribution in [2.45, 2.75) is 12.0 Å². The molecule has 2 rings (SSSR count). The third-order valence-electron chi connectivity index (χ3n) is 2.80. The number of carbonyl (C=O) groups excluding carboxylic acids is 1. The molecule has 0 bridgehead atoms. The van der Waals surface area contributed by atoms with Crippen molar-refractivity contribution in [1.29, 1.82) is 0 Å². The summed E-state index contributed by atoms with van der Waals surface area (Å²) in [4.78, 5) is 11.0. The average Bonchev–Trinajstić information content (AvgIpc) is 1.91. The third-order valence-corrected chi connectivity index (χ3v) is 2.80. The molecule has 2 unspecified atom stereocenters. The van der Waals surface area contributed by atoms with Crippen LogP contribution in [0, 0.1) is 5.92 Å². The topological polar surface area (TPSA) is 69.2 Å². The lowest BCUT2D eigenvalue weighted by atomic mass is 9.72. The molecule has 0 saturated carbocycles. The van der Waals surface area contributed by atoms with Gasteiger partial charge in [-0.2, -0.15) is 0 Å². The Morgan fingerprint density at radius 2 is 2.55 bits per heavy atom. The lowest BCUT2D eigenvalue weighted by Gasteiger charge is -2.50. The van der Waals surface area contributed by atoms with E-state index in [1.165, 1.54) is 0 Å². The van der Waals surface area contributed by atoms with E-state index < -0.39 is 5.54 Å². The largest absolute Gasteiger partial charge is 0.368 e. The van der Waals surface area contributed by atoms with Crippen LogP contribution in [-0.2, 0) is 4.79 Å². The average molecular weight is 154 g/mol. The molecular weight excluding hydrogens is 142 g/mol. The van der Waals surface area contributed by atoms with Crippen LogP contribution in [0.1, 0.15) is 6.42 Å². The number of hydrogen-bond acceptors (Lipinski definition) is 2. The fourth-order valence-corrected chi connectivity index (χ4v) is 1.90. The van der Waals surface area contributed by atoms with Crippen molar-refractivity contribution in [3.8, 4) is 0 Å². The summed E-state index contributed by atoms with van der Waals surface area (Å²) in [5.41, 5.74) is 4.82. The zero-order chi connectivity index (χ0) is 7.90. The first-order valence-corrected chi connectivity index (χ1v) is 3.94. The van der Waals surface area contributed by atoms with Gasteiger partial charge in [-0.25, -0.2) is 5.32 Å². The SMILES string of the molecule is NC(=O)C12C[N]CCC1CN2. The molecule has 1 amide bonds. The number of piperidine rings is 1. The van der Waals surface area contributed by atoms with E-state index in [9.17, 15) is 4.79 Å². The van der Waals surface area contributed by atoms with Gasteiger partial charge >= 0.3 is 0 Å². The van der Waals surface area contributed by atoms with Crippen LogP contribution in [-0.4, -0.2) is 31.1 Å². The standard InChI is InChI=1S/C7H12N3O/c8-6(11)7-4-9-2-1-5(7)3-10-7/h5,10H,1-4H2,(H2,8,11). The zero-order valence-corrected chi connectivity index (χ0v) is 6.34. The second kappa shape index (κ2) is 2.19. The number of carbonyl (C=O) groups is 1. The molecule has 2 atom stereocenters. The predicted octanol–water partition coefficient (Wildman–Crippen LogP) is -1.56. The summed E-state index contributed by atoms with van der Waals surface area (Å²) in [7, 11) is 0. The minimum Gasteiger partial charge on any atom is -0.368 e. The van der Waals surface area contributed by atoms with Gasteiger partial charge in [0, 0.05) is 25.6 Å². The maximum absolute atomic E-state index is 11.0. The molecule has 0 aliphatic carbocycles. The molecule has 11 heavy (non-hydrogen) atoms. The minimum atomic E-state index is -0.460. The van der Waals surface area contributed by atoms with Crippen LogP contribution in [0.2, 0.25) is 0 Å². The van der Waals surface area contributed by atoms with Gasteiger partial charge in [-0.1, -0.05) is 0 Å². The normalized spacial score (nSPS) is 42.4. The Morgan fingerprint density at radius 3 is 2.91 bits per heavy atom. The number of nitrogens with zero attached hydrogens (tertiary/aromatic N) is 1.